The highest BCUT2D eigenvalue weighted by molar-refractivity contribution is 5.95. The second kappa shape index (κ2) is 3.82. The molecule has 0 N–H and O–H groups in total. The minimum Gasteiger partial charge on any atom is -0.464 e. The van der Waals surface area contributed by atoms with Gasteiger partial charge in [-0.15, -0.1) is 5.10 Å². The van der Waals surface area contributed by atoms with Gasteiger partial charge in [0.25, 0.3) is 0 Å². The molecule has 0 aliphatic carbocycles. The molecule has 2 aromatic heterocycles. The number of nitrogens with zero attached hydrogens (tertiary/aromatic N) is 4. The van der Waals surface area contributed by atoms with Crippen LogP contribution in [0.5, 0.6) is 0 Å². The van der Waals surface area contributed by atoms with E-state index in [1.165, 1.54) is 6.33 Å². The summed E-state index contributed by atoms with van der Waals surface area (Å²) >= 11 is 0. The summed E-state index contributed by atoms with van der Waals surface area (Å²) in [5.41, 5.74) is 2.10. The summed E-state index contributed by atoms with van der Waals surface area (Å²) in [5, 5.41) is 11.8. The van der Waals surface area contributed by atoms with E-state index in [0.29, 0.717) is 17.7 Å². The molecule has 17 heavy (non-hydrogen) atoms. The molecule has 1 aromatic carbocycles. The first-order valence-corrected chi connectivity index (χ1v) is 5.03. The van der Waals surface area contributed by atoms with E-state index in [1.54, 1.807) is 17.0 Å². The SMILES string of the molecule is O=Cc1cc(Cn2cnnn2)cc2ccoc12. The normalized spacial score (nSPS) is 10.8. The van der Waals surface area contributed by atoms with Crippen LogP contribution < -0.4 is 0 Å². The van der Waals surface area contributed by atoms with Crippen molar-refractivity contribution in [3.05, 3.63) is 41.9 Å². The maximum absolute atomic E-state index is 11.0. The molecule has 3 rings (SSSR count). The van der Waals surface area contributed by atoms with Crippen LogP contribution in [0.25, 0.3) is 11.0 Å². The highest BCUT2D eigenvalue weighted by Gasteiger charge is 2.07. The molecule has 0 aliphatic heterocycles. The maximum Gasteiger partial charge on any atom is 0.153 e. The van der Waals surface area contributed by atoms with Crippen LogP contribution in [-0.4, -0.2) is 26.5 Å². The summed E-state index contributed by atoms with van der Waals surface area (Å²) in [6.45, 7) is 0.523. The van der Waals surface area contributed by atoms with Crippen molar-refractivity contribution in [2.45, 2.75) is 6.54 Å². The fourth-order valence-electron chi connectivity index (χ4n) is 1.79. The van der Waals surface area contributed by atoms with Gasteiger partial charge in [0.15, 0.2) is 6.29 Å². The van der Waals surface area contributed by atoms with Crippen LogP contribution in [0.3, 0.4) is 0 Å². The monoisotopic (exact) mass is 228 g/mol. The lowest BCUT2D eigenvalue weighted by molar-refractivity contribution is 0.112. The molecular formula is C11H8N4O2. The highest BCUT2D eigenvalue weighted by atomic mass is 16.3. The first-order valence-electron chi connectivity index (χ1n) is 5.03. The van der Waals surface area contributed by atoms with Crippen molar-refractivity contribution in [3.63, 3.8) is 0 Å². The van der Waals surface area contributed by atoms with Gasteiger partial charge >= 0.3 is 0 Å². The van der Waals surface area contributed by atoms with Crippen molar-refractivity contribution < 1.29 is 9.21 Å². The van der Waals surface area contributed by atoms with Gasteiger partial charge in [-0.25, -0.2) is 4.68 Å². The smallest absolute Gasteiger partial charge is 0.153 e. The summed E-state index contributed by atoms with van der Waals surface area (Å²) in [4.78, 5) is 11.0. The number of aromatic nitrogens is 4. The van der Waals surface area contributed by atoms with Gasteiger partial charge in [-0.05, 0) is 34.2 Å². The van der Waals surface area contributed by atoms with Gasteiger partial charge in [0.1, 0.15) is 11.9 Å². The van der Waals surface area contributed by atoms with Crippen LogP contribution in [0.4, 0.5) is 0 Å². The summed E-state index contributed by atoms with van der Waals surface area (Å²) in [6.07, 6.45) is 3.88. The molecule has 84 valence electrons. The molecule has 0 fully saturated rings. The zero-order chi connectivity index (χ0) is 11.7. The number of carbonyl (C=O) groups excluding carboxylic acids is 1. The number of hydrogen-bond donors (Lipinski definition) is 0. The molecule has 6 nitrogen and oxygen atoms in total. The van der Waals surface area contributed by atoms with E-state index in [1.807, 2.05) is 12.1 Å². The van der Waals surface area contributed by atoms with E-state index >= 15 is 0 Å². The van der Waals surface area contributed by atoms with E-state index < -0.39 is 0 Å². The molecule has 0 spiro atoms. The lowest BCUT2D eigenvalue weighted by Gasteiger charge is -2.02. The van der Waals surface area contributed by atoms with Crippen LogP contribution in [0.1, 0.15) is 15.9 Å². The molecule has 3 aromatic rings. The van der Waals surface area contributed by atoms with Gasteiger partial charge in [0, 0.05) is 5.39 Å². The van der Waals surface area contributed by atoms with E-state index in [9.17, 15) is 4.79 Å². The van der Waals surface area contributed by atoms with Crippen LogP contribution in [0.15, 0.2) is 35.2 Å². The topological polar surface area (TPSA) is 73.8 Å². The number of tetrazole rings is 1. The fraction of sp³-hybridized carbons (Fsp3) is 0.0909. The number of aldehydes is 1. The Kier molecular flexibility index (Phi) is 2.18. The Balaban J connectivity index is 2.07. The van der Waals surface area contributed by atoms with Gasteiger partial charge in [0.05, 0.1) is 18.4 Å². The third-order valence-electron chi connectivity index (χ3n) is 2.50. The average molecular weight is 228 g/mol. The number of furan rings is 1. The molecule has 0 bridgehead atoms. The third-order valence-corrected chi connectivity index (χ3v) is 2.50. The molecular weight excluding hydrogens is 220 g/mol. The minimum absolute atomic E-state index is 0.523. The van der Waals surface area contributed by atoms with E-state index in [0.717, 1.165) is 17.2 Å². The van der Waals surface area contributed by atoms with Gasteiger partial charge in [0.2, 0.25) is 0 Å². The molecule has 0 atom stereocenters. The predicted octanol–water partition coefficient (Wildman–Crippen LogP) is 1.28. The molecule has 6 heteroatoms. The number of fused-ring (bicyclic) bond motifs is 1. The molecule has 0 unspecified atom stereocenters. The van der Waals surface area contributed by atoms with Gasteiger partial charge in [-0.3, -0.25) is 4.79 Å². The molecule has 0 aliphatic rings. The summed E-state index contributed by atoms with van der Waals surface area (Å²) in [6, 6.07) is 5.56. The van der Waals surface area contributed by atoms with Gasteiger partial charge in [-0.2, -0.15) is 0 Å². The Labute approximate surface area is 95.8 Å². The van der Waals surface area contributed by atoms with E-state index in [4.69, 9.17) is 4.42 Å². The number of carbonyl (C=O) groups is 1. The minimum atomic E-state index is 0.523. The van der Waals surface area contributed by atoms with E-state index in [-0.39, 0.29) is 0 Å². The number of benzene rings is 1. The van der Waals surface area contributed by atoms with E-state index in [2.05, 4.69) is 15.5 Å². The quantitative estimate of drug-likeness (QED) is 0.631. The largest absolute Gasteiger partial charge is 0.464 e. The van der Waals surface area contributed by atoms with Crippen molar-refractivity contribution in [1.82, 2.24) is 20.2 Å². The zero-order valence-electron chi connectivity index (χ0n) is 8.78. The van der Waals surface area contributed by atoms with Crippen LogP contribution in [0, 0.1) is 0 Å². The van der Waals surface area contributed by atoms with Crippen molar-refractivity contribution in [3.8, 4) is 0 Å². The summed E-state index contributed by atoms with van der Waals surface area (Å²) in [5.74, 6) is 0. The Hall–Kier alpha value is -2.50. The first kappa shape index (κ1) is 9.71. The second-order valence-corrected chi connectivity index (χ2v) is 3.65. The van der Waals surface area contributed by atoms with Gasteiger partial charge in [-0.1, -0.05) is 0 Å². The van der Waals surface area contributed by atoms with Gasteiger partial charge < -0.3 is 4.42 Å². The van der Waals surface area contributed by atoms with Crippen molar-refractivity contribution in [2.75, 3.05) is 0 Å². The van der Waals surface area contributed by atoms with Crippen LogP contribution >= 0.6 is 0 Å². The first-order chi connectivity index (χ1) is 8.36. The lowest BCUT2D eigenvalue weighted by Crippen LogP contribution is -2.01. The molecule has 2 heterocycles. The predicted molar refractivity (Wildman–Crippen MR) is 58.5 cm³/mol. The Morgan fingerprint density at radius 1 is 1.41 bits per heavy atom. The summed E-state index contributed by atoms with van der Waals surface area (Å²) in [7, 11) is 0. The Bertz CT molecular complexity index is 657. The number of hydrogen-bond acceptors (Lipinski definition) is 5. The van der Waals surface area contributed by atoms with Crippen molar-refractivity contribution in [2.24, 2.45) is 0 Å². The van der Waals surface area contributed by atoms with Crippen molar-refractivity contribution >= 4 is 17.3 Å². The summed E-state index contributed by atoms with van der Waals surface area (Å²) < 4.78 is 6.84. The molecule has 0 radical (unpaired) electrons. The highest BCUT2D eigenvalue weighted by Crippen LogP contribution is 2.21. The molecule has 0 amide bonds. The molecule has 0 saturated heterocycles. The fourth-order valence-corrected chi connectivity index (χ4v) is 1.79. The Morgan fingerprint density at radius 2 is 2.35 bits per heavy atom. The van der Waals surface area contributed by atoms with Crippen molar-refractivity contribution in [1.29, 1.82) is 0 Å². The second-order valence-electron chi connectivity index (χ2n) is 3.65. The van der Waals surface area contributed by atoms with Crippen LogP contribution in [0.2, 0.25) is 0 Å². The third kappa shape index (κ3) is 1.69. The standard InChI is InChI=1S/C11H8N4O2/c16-6-10-4-8(5-15-7-12-13-14-15)3-9-1-2-17-11(9)10/h1-4,6-7H,5H2. The lowest BCUT2D eigenvalue weighted by atomic mass is 10.1. The number of rotatable bonds is 3. The average Bonchev–Trinajstić information content (AvgIpc) is 2.98. The van der Waals surface area contributed by atoms with Crippen LogP contribution in [-0.2, 0) is 6.54 Å². The zero-order valence-corrected chi connectivity index (χ0v) is 8.78. The molecule has 0 saturated carbocycles. The maximum atomic E-state index is 11.0. The Morgan fingerprint density at radius 3 is 3.12 bits per heavy atom.